The minimum absolute atomic E-state index is 0.230. The molecule has 2 atom stereocenters. The Morgan fingerprint density at radius 1 is 0.889 bits per heavy atom. The van der Waals surface area contributed by atoms with E-state index in [9.17, 15) is 18.8 Å². The molecule has 2 unspecified atom stereocenters. The number of nitrogens with one attached hydrogen (secondary N) is 1. The van der Waals surface area contributed by atoms with Crippen molar-refractivity contribution in [1.82, 2.24) is 0 Å². The molecule has 0 saturated carbocycles. The van der Waals surface area contributed by atoms with Crippen molar-refractivity contribution in [3.63, 3.8) is 0 Å². The Morgan fingerprint density at radius 2 is 1.53 bits per heavy atom. The van der Waals surface area contributed by atoms with E-state index >= 15 is 0 Å². The predicted octanol–water partition coefficient (Wildman–Crippen LogP) is 6.45. The zero-order valence-electron chi connectivity index (χ0n) is 20.9. The van der Waals surface area contributed by atoms with Crippen LogP contribution in [-0.2, 0) is 9.59 Å². The first-order valence-corrected chi connectivity index (χ1v) is 12.2. The Hall–Kier alpha value is -3.80. The molecule has 5 nitrogen and oxygen atoms in total. The van der Waals surface area contributed by atoms with Crippen molar-refractivity contribution in [2.24, 2.45) is 11.8 Å². The number of amides is 1. The molecule has 1 amide bonds. The topological polar surface area (TPSA) is 72.5 Å². The molecule has 0 aliphatic heterocycles. The van der Waals surface area contributed by atoms with Crippen molar-refractivity contribution in [3.05, 3.63) is 95.8 Å². The average molecular weight is 490 g/mol. The third kappa shape index (κ3) is 6.87. The Bertz CT molecular complexity index is 1160. The minimum atomic E-state index is -1.27. The van der Waals surface area contributed by atoms with Crippen molar-refractivity contribution < 1.29 is 23.5 Å². The number of carbonyl (C=O) groups is 3. The lowest BCUT2D eigenvalue weighted by Gasteiger charge is -2.26. The van der Waals surface area contributed by atoms with Crippen molar-refractivity contribution in [2.45, 2.75) is 39.5 Å². The van der Waals surface area contributed by atoms with Crippen molar-refractivity contribution in [3.8, 4) is 5.75 Å². The molecular weight excluding hydrogens is 457 g/mol. The van der Waals surface area contributed by atoms with Gasteiger partial charge in [-0.2, -0.15) is 0 Å². The first-order valence-electron chi connectivity index (χ1n) is 12.2. The van der Waals surface area contributed by atoms with E-state index in [4.69, 9.17) is 4.74 Å². The molecule has 0 radical (unpaired) electrons. The zero-order chi connectivity index (χ0) is 26.1. The summed E-state index contributed by atoms with van der Waals surface area (Å²) in [6.45, 7) is 6.10. The highest BCUT2D eigenvalue weighted by Crippen LogP contribution is 2.33. The molecule has 0 aliphatic rings. The smallest absolute Gasteiger partial charge is 0.236 e. The monoisotopic (exact) mass is 489 g/mol. The maximum Gasteiger partial charge on any atom is 0.236 e. The number of ketones is 2. The van der Waals surface area contributed by atoms with Crippen LogP contribution in [0, 0.1) is 17.7 Å². The molecule has 36 heavy (non-hydrogen) atoms. The Morgan fingerprint density at radius 3 is 2.11 bits per heavy atom. The summed E-state index contributed by atoms with van der Waals surface area (Å²) in [5.74, 6) is -3.96. The van der Waals surface area contributed by atoms with Gasteiger partial charge >= 0.3 is 0 Å². The van der Waals surface area contributed by atoms with Crippen LogP contribution in [0.2, 0.25) is 0 Å². The van der Waals surface area contributed by atoms with E-state index in [1.54, 1.807) is 68.4 Å². The van der Waals surface area contributed by atoms with Crippen LogP contribution in [0.1, 0.15) is 55.5 Å². The number of halogens is 1. The number of unbranched alkanes of at least 4 members (excludes halogenated alkanes) is 1. The van der Waals surface area contributed by atoms with Crippen LogP contribution in [0.4, 0.5) is 10.1 Å². The molecule has 3 aromatic rings. The summed E-state index contributed by atoms with van der Waals surface area (Å²) in [4.78, 5) is 40.7. The molecule has 0 spiro atoms. The molecule has 6 heteroatoms. The van der Waals surface area contributed by atoms with Crippen LogP contribution in [0.3, 0.4) is 0 Å². The first-order chi connectivity index (χ1) is 17.3. The van der Waals surface area contributed by atoms with Gasteiger partial charge in [0.2, 0.25) is 5.91 Å². The number of hydrogen-bond acceptors (Lipinski definition) is 4. The normalized spacial score (nSPS) is 12.6. The van der Waals surface area contributed by atoms with E-state index in [2.05, 4.69) is 12.2 Å². The zero-order valence-corrected chi connectivity index (χ0v) is 20.9. The van der Waals surface area contributed by atoms with Crippen LogP contribution < -0.4 is 10.1 Å². The summed E-state index contributed by atoms with van der Waals surface area (Å²) in [6.07, 6.45) is 1.97. The predicted molar refractivity (Wildman–Crippen MR) is 139 cm³/mol. The highest BCUT2D eigenvalue weighted by molar-refractivity contribution is 6.14. The van der Waals surface area contributed by atoms with Gasteiger partial charge in [-0.3, -0.25) is 14.4 Å². The van der Waals surface area contributed by atoms with Crippen LogP contribution in [0.5, 0.6) is 5.75 Å². The minimum Gasteiger partial charge on any atom is -0.494 e. The third-order valence-corrected chi connectivity index (χ3v) is 5.95. The number of anilines is 1. The summed E-state index contributed by atoms with van der Waals surface area (Å²) in [7, 11) is 0. The molecule has 0 aromatic heterocycles. The van der Waals surface area contributed by atoms with E-state index in [1.165, 1.54) is 24.3 Å². The van der Waals surface area contributed by atoms with E-state index in [-0.39, 0.29) is 11.3 Å². The van der Waals surface area contributed by atoms with Gasteiger partial charge < -0.3 is 10.1 Å². The molecule has 0 saturated heterocycles. The van der Waals surface area contributed by atoms with Gasteiger partial charge in [-0.05, 0) is 60.5 Å². The van der Waals surface area contributed by atoms with Gasteiger partial charge in [0.1, 0.15) is 23.3 Å². The largest absolute Gasteiger partial charge is 0.494 e. The molecule has 188 valence electrons. The molecule has 3 rings (SSSR count). The maximum absolute atomic E-state index is 13.7. The number of hydrogen-bond donors (Lipinski definition) is 1. The number of rotatable bonds is 12. The van der Waals surface area contributed by atoms with Crippen LogP contribution in [-0.4, -0.2) is 24.1 Å². The molecule has 1 N–H and O–H groups in total. The van der Waals surface area contributed by atoms with E-state index in [0.717, 1.165) is 12.8 Å². The van der Waals surface area contributed by atoms with Gasteiger partial charge in [0, 0.05) is 17.2 Å². The second kappa shape index (κ2) is 12.8. The van der Waals surface area contributed by atoms with E-state index < -0.39 is 35.3 Å². The molecular formula is C30H32FNO4. The lowest BCUT2D eigenvalue weighted by Crippen LogP contribution is -2.40. The lowest BCUT2D eigenvalue weighted by atomic mass is 9.75. The summed E-state index contributed by atoms with van der Waals surface area (Å²) in [5, 5.41) is 2.81. The number of ether oxygens (including phenoxy) is 1. The van der Waals surface area contributed by atoms with Gasteiger partial charge in [-0.25, -0.2) is 4.39 Å². The second-order valence-corrected chi connectivity index (χ2v) is 9.01. The molecule has 0 aliphatic carbocycles. The van der Waals surface area contributed by atoms with Crippen LogP contribution >= 0.6 is 0 Å². The Balaban J connectivity index is 1.95. The van der Waals surface area contributed by atoms with E-state index in [1.807, 2.05) is 0 Å². The molecule has 0 heterocycles. The quantitative estimate of drug-likeness (QED) is 0.180. The molecule has 0 fully saturated rings. The van der Waals surface area contributed by atoms with Gasteiger partial charge in [0.15, 0.2) is 5.78 Å². The van der Waals surface area contributed by atoms with Crippen molar-refractivity contribution in [1.29, 1.82) is 0 Å². The summed E-state index contributed by atoms with van der Waals surface area (Å²) < 4.78 is 19.2. The summed E-state index contributed by atoms with van der Waals surface area (Å²) >= 11 is 0. The van der Waals surface area contributed by atoms with Gasteiger partial charge in [-0.1, -0.05) is 57.5 Å². The van der Waals surface area contributed by atoms with Gasteiger partial charge in [0.05, 0.1) is 12.5 Å². The molecule has 3 aromatic carbocycles. The Labute approximate surface area is 211 Å². The van der Waals surface area contributed by atoms with Crippen LogP contribution in [0.25, 0.3) is 0 Å². The first kappa shape index (κ1) is 26.8. The highest BCUT2D eigenvalue weighted by Gasteiger charge is 2.41. The van der Waals surface area contributed by atoms with Gasteiger partial charge in [-0.15, -0.1) is 0 Å². The number of carbonyl (C=O) groups excluding carboxylic acids is 3. The molecule has 0 bridgehead atoms. The Kier molecular flexibility index (Phi) is 9.51. The highest BCUT2D eigenvalue weighted by atomic mass is 19.1. The fraction of sp³-hybridized carbons (Fsp3) is 0.300. The van der Waals surface area contributed by atoms with Gasteiger partial charge in [0.25, 0.3) is 0 Å². The fourth-order valence-electron chi connectivity index (χ4n) is 3.94. The second-order valence-electron chi connectivity index (χ2n) is 9.01. The maximum atomic E-state index is 13.7. The van der Waals surface area contributed by atoms with Crippen molar-refractivity contribution >= 4 is 23.2 Å². The lowest BCUT2D eigenvalue weighted by molar-refractivity contribution is -0.133. The SMILES string of the molecule is CCCCOc1ccc(NC(=O)C(C(=O)C(C)C)C(C(=O)c2ccc(F)cc2)c2ccccc2)cc1. The van der Waals surface area contributed by atoms with E-state index in [0.29, 0.717) is 23.6 Å². The number of Topliss-reactive ketones (excluding diaryl/α,β-unsaturated/α-hetero) is 2. The van der Waals surface area contributed by atoms with Crippen LogP contribution in [0.15, 0.2) is 78.9 Å². The van der Waals surface area contributed by atoms with Crippen molar-refractivity contribution in [2.75, 3.05) is 11.9 Å². The summed E-state index contributed by atoms with van der Waals surface area (Å²) in [5.41, 5.74) is 1.26. The fourth-order valence-corrected chi connectivity index (χ4v) is 3.94. The average Bonchev–Trinajstić information content (AvgIpc) is 2.88. The summed E-state index contributed by atoms with van der Waals surface area (Å²) in [6, 6.07) is 20.8. The number of benzene rings is 3. The standard InChI is InChI=1S/C30H32FNO4/c1-4-5-19-36-25-17-15-24(16-18-25)32-30(35)27(28(33)20(2)3)26(21-9-7-6-8-10-21)29(34)22-11-13-23(31)14-12-22/h6-18,20,26-27H,4-5,19H2,1-3H3,(H,32,35). The third-order valence-electron chi connectivity index (χ3n) is 5.95.